The fourth-order valence-electron chi connectivity index (χ4n) is 3.62. The highest BCUT2D eigenvalue weighted by atomic mass is 16.1. The molecule has 2 N–H and O–H groups in total. The van der Waals surface area contributed by atoms with E-state index in [-0.39, 0.29) is 5.91 Å². The molecule has 0 aliphatic heterocycles. The molecule has 1 heterocycles. The van der Waals surface area contributed by atoms with E-state index in [9.17, 15) is 4.79 Å². The summed E-state index contributed by atoms with van der Waals surface area (Å²) >= 11 is 0. The van der Waals surface area contributed by atoms with Gasteiger partial charge >= 0.3 is 0 Å². The fraction of sp³-hybridized carbons (Fsp3) is 0.429. The minimum Gasteiger partial charge on any atom is -0.322 e. The molecule has 3 rings (SSSR count). The van der Waals surface area contributed by atoms with Crippen LogP contribution in [0.5, 0.6) is 0 Å². The van der Waals surface area contributed by atoms with Crippen LogP contribution in [0.3, 0.4) is 0 Å². The molecule has 2 aromatic rings. The minimum atomic E-state index is -0.103. The van der Waals surface area contributed by atoms with Crippen molar-refractivity contribution in [2.45, 2.75) is 39.2 Å². The quantitative estimate of drug-likeness (QED) is 0.794. The molecular weight excluding hydrogens is 310 g/mol. The van der Waals surface area contributed by atoms with Gasteiger partial charge in [-0.3, -0.25) is 9.78 Å². The Morgan fingerprint density at radius 1 is 1.16 bits per heavy atom. The number of aromatic nitrogens is 1. The number of anilines is 1. The molecular formula is C21H27N3O. The predicted octanol–water partition coefficient (Wildman–Crippen LogP) is 4.25. The first-order chi connectivity index (χ1) is 12.2. The number of para-hydroxylation sites is 1. The molecule has 1 saturated carbocycles. The van der Waals surface area contributed by atoms with Crippen LogP contribution in [-0.4, -0.2) is 17.4 Å². The van der Waals surface area contributed by atoms with E-state index in [1.165, 1.54) is 25.7 Å². The Hall–Kier alpha value is -2.20. The largest absolute Gasteiger partial charge is 0.322 e. The van der Waals surface area contributed by atoms with Crippen LogP contribution >= 0.6 is 0 Å². The van der Waals surface area contributed by atoms with Crippen molar-refractivity contribution in [3.63, 3.8) is 0 Å². The highest BCUT2D eigenvalue weighted by Crippen LogP contribution is 2.30. The van der Waals surface area contributed by atoms with Crippen LogP contribution < -0.4 is 10.6 Å². The average molecular weight is 337 g/mol. The summed E-state index contributed by atoms with van der Waals surface area (Å²) in [5.74, 6) is 1.48. The van der Waals surface area contributed by atoms with Crippen molar-refractivity contribution in [2.24, 2.45) is 11.8 Å². The van der Waals surface area contributed by atoms with Gasteiger partial charge < -0.3 is 10.6 Å². The molecule has 1 aliphatic rings. The summed E-state index contributed by atoms with van der Waals surface area (Å²) in [6.07, 6.45) is 8.79. The van der Waals surface area contributed by atoms with Gasteiger partial charge in [-0.05, 0) is 42.1 Å². The fourth-order valence-corrected chi connectivity index (χ4v) is 3.62. The van der Waals surface area contributed by atoms with Crippen molar-refractivity contribution in [2.75, 3.05) is 11.9 Å². The Morgan fingerprint density at radius 3 is 2.64 bits per heavy atom. The van der Waals surface area contributed by atoms with Gasteiger partial charge in [0.2, 0.25) is 0 Å². The number of hydrogen-bond acceptors (Lipinski definition) is 3. The third-order valence-corrected chi connectivity index (χ3v) is 5.19. The van der Waals surface area contributed by atoms with Crippen LogP contribution in [0, 0.1) is 11.8 Å². The summed E-state index contributed by atoms with van der Waals surface area (Å²) in [5, 5.41) is 6.58. The lowest BCUT2D eigenvalue weighted by Gasteiger charge is -2.20. The summed E-state index contributed by atoms with van der Waals surface area (Å²) < 4.78 is 0. The van der Waals surface area contributed by atoms with Crippen LogP contribution in [0.1, 0.15) is 48.5 Å². The summed E-state index contributed by atoms with van der Waals surface area (Å²) in [4.78, 5) is 16.3. The number of benzene rings is 1. The maximum Gasteiger partial charge on any atom is 0.255 e. The third-order valence-electron chi connectivity index (χ3n) is 5.19. The second-order valence-electron chi connectivity index (χ2n) is 7.00. The van der Waals surface area contributed by atoms with E-state index in [0.29, 0.717) is 11.5 Å². The molecule has 0 bridgehead atoms. The van der Waals surface area contributed by atoms with Gasteiger partial charge in [-0.1, -0.05) is 50.8 Å². The molecule has 1 aromatic heterocycles. The van der Waals surface area contributed by atoms with Crippen LogP contribution in [0.15, 0.2) is 48.8 Å². The Bertz CT molecular complexity index is 681. The Morgan fingerprint density at radius 2 is 1.88 bits per heavy atom. The third kappa shape index (κ3) is 4.89. The summed E-state index contributed by atoms with van der Waals surface area (Å²) in [5.41, 5.74) is 2.60. The second-order valence-corrected chi connectivity index (χ2v) is 7.00. The first-order valence-electron chi connectivity index (χ1n) is 9.24. The highest BCUT2D eigenvalue weighted by Gasteiger charge is 2.21. The lowest BCUT2D eigenvalue weighted by Crippen LogP contribution is -2.25. The molecule has 1 aromatic carbocycles. The van der Waals surface area contributed by atoms with Gasteiger partial charge in [0.05, 0.1) is 0 Å². The van der Waals surface area contributed by atoms with E-state index in [0.717, 1.165) is 30.3 Å². The molecule has 0 radical (unpaired) electrons. The number of nitrogens with one attached hydrogen (secondary N) is 2. The first-order valence-corrected chi connectivity index (χ1v) is 9.24. The zero-order chi connectivity index (χ0) is 17.5. The number of amides is 1. The van der Waals surface area contributed by atoms with Crippen LogP contribution in [0.25, 0.3) is 0 Å². The molecule has 0 spiro atoms. The van der Waals surface area contributed by atoms with Gasteiger partial charge in [0, 0.05) is 30.2 Å². The molecule has 25 heavy (non-hydrogen) atoms. The van der Waals surface area contributed by atoms with Crippen molar-refractivity contribution in [3.05, 3.63) is 59.9 Å². The standard InChI is InChI=1S/C21H27N3O/c1-16(17-6-2-3-7-17)14-23-15-19-8-4-5-9-20(19)24-21(25)18-10-12-22-13-11-18/h4-5,8-13,16-17,23H,2-3,6-7,14-15H2,1H3,(H,24,25). The normalized spacial score (nSPS) is 15.9. The summed E-state index contributed by atoms with van der Waals surface area (Å²) in [6.45, 7) is 4.14. The van der Waals surface area contributed by atoms with Crippen molar-refractivity contribution in [1.29, 1.82) is 0 Å². The number of nitrogens with zero attached hydrogens (tertiary/aromatic N) is 1. The monoisotopic (exact) mass is 337 g/mol. The van der Waals surface area contributed by atoms with E-state index in [1.807, 2.05) is 18.2 Å². The number of carbonyl (C=O) groups excluding carboxylic acids is 1. The molecule has 132 valence electrons. The zero-order valence-corrected chi connectivity index (χ0v) is 14.9. The van der Waals surface area contributed by atoms with E-state index >= 15 is 0 Å². The molecule has 1 aliphatic carbocycles. The van der Waals surface area contributed by atoms with Crippen molar-refractivity contribution >= 4 is 11.6 Å². The molecule has 1 atom stereocenters. The molecule has 4 heteroatoms. The Balaban J connectivity index is 1.56. The number of rotatable bonds is 7. The van der Waals surface area contributed by atoms with Crippen LogP contribution in [-0.2, 0) is 6.54 Å². The van der Waals surface area contributed by atoms with Gasteiger partial charge in [0.25, 0.3) is 5.91 Å². The van der Waals surface area contributed by atoms with E-state index in [4.69, 9.17) is 0 Å². The van der Waals surface area contributed by atoms with Crippen LogP contribution in [0.4, 0.5) is 5.69 Å². The molecule has 0 saturated heterocycles. The number of carbonyl (C=O) groups is 1. The Labute approximate surface area is 150 Å². The van der Waals surface area contributed by atoms with E-state index in [2.05, 4.69) is 28.6 Å². The lowest BCUT2D eigenvalue weighted by molar-refractivity contribution is 0.102. The van der Waals surface area contributed by atoms with Crippen molar-refractivity contribution in [1.82, 2.24) is 10.3 Å². The lowest BCUT2D eigenvalue weighted by atomic mass is 9.92. The number of hydrogen-bond donors (Lipinski definition) is 2. The maximum absolute atomic E-state index is 12.4. The molecule has 4 nitrogen and oxygen atoms in total. The van der Waals surface area contributed by atoms with Gasteiger partial charge in [0.1, 0.15) is 0 Å². The SMILES string of the molecule is CC(CNCc1ccccc1NC(=O)c1ccncc1)C1CCCC1. The Kier molecular flexibility index (Phi) is 6.18. The summed E-state index contributed by atoms with van der Waals surface area (Å²) in [7, 11) is 0. The minimum absolute atomic E-state index is 0.103. The predicted molar refractivity (Wildman–Crippen MR) is 101 cm³/mol. The average Bonchev–Trinajstić information content (AvgIpc) is 3.18. The van der Waals surface area contributed by atoms with Gasteiger partial charge in [0.15, 0.2) is 0 Å². The second kappa shape index (κ2) is 8.77. The van der Waals surface area contributed by atoms with E-state index in [1.54, 1.807) is 24.5 Å². The van der Waals surface area contributed by atoms with Gasteiger partial charge in [-0.15, -0.1) is 0 Å². The zero-order valence-electron chi connectivity index (χ0n) is 14.9. The van der Waals surface area contributed by atoms with Crippen LogP contribution in [0.2, 0.25) is 0 Å². The first kappa shape index (κ1) is 17.6. The van der Waals surface area contributed by atoms with Crippen molar-refractivity contribution < 1.29 is 4.79 Å². The maximum atomic E-state index is 12.4. The molecule has 1 unspecified atom stereocenters. The van der Waals surface area contributed by atoms with E-state index < -0.39 is 0 Å². The van der Waals surface area contributed by atoms with Gasteiger partial charge in [-0.2, -0.15) is 0 Å². The number of pyridine rings is 1. The van der Waals surface area contributed by atoms with Crippen molar-refractivity contribution in [3.8, 4) is 0 Å². The molecule has 1 fully saturated rings. The topological polar surface area (TPSA) is 54.0 Å². The molecule has 1 amide bonds. The highest BCUT2D eigenvalue weighted by molar-refractivity contribution is 6.04. The van der Waals surface area contributed by atoms with Gasteiger partial charge in [-0.25, -0.2) is 0 Å². The smallest absolute Gasteiger partial charge is 0.255 e. The summed E-state index contributed by atoms with van der Waals surface area (Å²) in [6, 6.07) is 11.4.